The summed E-state index contributed by atoms with van der Waals surface area (Å²) in [5.74, 6) is 0. The Morgan fingerprint density at radius 2 is 2.33 bits per heavy atom. The molecule has 2 heterocycles. The van der Waals surface area contributed by atoms with Gasteiger partial charge in [0.05, 0.1) is 0 Å². The van der Waals surface area contributed by atoms with E-state index in [0.717, 1.165) is 6.54 Å². The molecular formula is C15H26N2S. The molecule has 1 aliphatic rings. The molecular weight excluding hydrogens is 240 g/mol. The molecule has 2 rings (SSSR count). The molecule has 0 spiro atoms. The molecule has 18 heavy (non-hydrogen) atoms. The molecule has 2 unspecified atom stereocenters. The predicted octanol–water partition coefficient (Wildman–Crippen LogP) is 3.66. The van der Waals surface area contributed by atoms with Gasteiger partial charge in [-0.15, -0.1) is 11.3 Å². The third-order valence-corrected chi connectivity index (χ3v) is 4.75. The molecule has 1 fully saturated rings. The monoisotopic (exact) mass is 266 g/mol. The van der Waals surface area contributed by atoms with Crippen molar-refractivity contribution in [1.82, 2.24) is 10.2 Å². The Bertz CT molecular complexity index is 323. The summed E-state index contributed by atoms with van der Waals surface area (Å²) < 4.78 is 0. The lowest BCUT2D eigenvalue weighted by Crippen LogP contribution is -2.34. The SMILES string of the molecule is CCCNC1CCN(C(CCC)c2cccs2)C1. The fourth-order valence-electron chi connectivity index (χ4n) is 2.84. The number of likely N-dealkylation sites (tertiary alicyclic amines) is 1. The number of hydrogen-bond acceptors (Lipinski definition) is 3. The molecule has 0 radical (unpaired) electrons. The van der Waals surface area contributed by atoms with Gasteiger partial charge in [-0.05, 0) is 37.3 Å². The number of rotatable bonds is 7. The third-order valence-electron chi connectivity index (χ3n) is 3.78. The van der Waals surface area contributed by atoms with Crippen LogP contribution in [0.25, 0.3) is 0 Å². The Morgan fingerprint density at radius 1 is 1.44 bits per heavy atom. The van der Waals surface area contributed by atoms with Gasteiger partial charge in [-0.25, -0.2) is 0 Å². The summed E-state index contributed by atoms with van der Waals surface area (Å²) in [6.07, 6.45) is 5.11. The number of nitrogens with zero attached hydrogens (tertiary/aromatic N) is 1. The van der Waals surface area contributed by atoms with Gasteiger partial charge >= 0.3 is 0 Å². The van der Waals surface area contributed by atoms with Crippen LogP contribution in [0.1, 0.15) is 50.4 Å². The van der Waals surface area contributed by atoms with Gasteiger partial charge in [0.2, 0.25) is 0 Å². The molecule has 1 aromatic heterocycles. The minimum Gasteiger partial charge on any atom is -0.313 e. The van der Waals surface area contributed by atoms with E-state index in [0.29, 0.717) is 12.1 Å². The van der Waals surface area contributed by atoms with Crippen molar-refractivity contribution >= 4 is 11.3 Å². The van der Waals surface area contributed by atoms with Crippen molar-refractivity contribution in [1.29, 1.82) is 0 Å². The topological polar surface area (TPSA) is 15.3 Å². The maximum absolute atomic E-state index is 3.67. The molecule has 0 amide bonds. The van der Waals surface area contributed by atoms with E-state index in [1.807, 2.05) is 11.3 Å². The van der Waals surface area contributed by atoms with E-state index in [9.17, 15) is 0 Å². The van der Waals surface area contributed by atoms with Gasteiger partial charge < -0.3 is 5.32 Å². The Labute approximate surface area is 115 Å². The summed E-state index contributed by atoms with van der Waals surface area (Å²) in [6, 6.07) is 5.86. The largest absolute Gasteiger partial charge is 0.313 e. The highest BCUT2D eigenvalue weighted by Crippen LogP contribution is 2.31. The maximum atomic E-state index is 3.67. The van der Waals surface area contributed by atoms with Crippen molar-refractivity contribution in [2.45, 2.75) is 51.6 Å². The van der Waals surface area contributed by atoms with E-state index in [1.165, 1.54) is 38.8 Å². The highest BCUT2D eigenvalue weighted by molar-refractivity contribution is 7.10. The lowest BCUT2D eigenvalue weighted by molar-refractivity contribution is 0.229. The van der Waals surface area contributed by atoms with Crippen molar-refractivity contribution in [3.05, 3.63) is 22.4 Å². The fraction of sp³-hybridized carbons (Fsp3) is 0.733. The number of nitrogens with one attached hydrogen (secondary N) is 1. The minimum atomic E-state index is 0.656. The summed E-state index contributed by atoms with van der Waals surface area (Å²) in [5.41, 5.74) is 0. The summed E-state index contributed by atoms with van der Waals surface area (Å²) in [4.78, 5) is 4.23. The zero-order valence-electron chi connectivity index (χ0n) is 11.7. The van der Waals surface area contributed by atoms with Crippen molar-refractivity contribution in [2.75, 3.05) is 19.6 Å². The zero-order chi connectivity index (χ0) is 12.8. The molecule has 1 saturated heterocycles. The zero-order valence-corrected chi connectivity index (χ0v) is 12.5. The first-order valence-corrected chi connectivity index (χ1v) is 8.24. The first-order chi connectivity index (χ1) is 8.85. The highest BCUT2D eigenvalue weighted by atomic mass is 32.1. The molecule has 1 N–H and O–H groups in total. The highest BCUT2D eigenvalue weighted by Gasteiger charge is 2.28. The van der Waals surface area contributed by atoms with Crippen LogP contribution in [0.15, 0.2) is 17.5 Å². The van der Waals surface area contributed by atoms with E-state index in [2.05, 4.69) is 41.6 Å². The van der Waals surface area contributed by atoms with Crippen LogP contribution in [0.5, 0.6) is 0 Å². The molecule has 1 aromatic rings. The van der Waals surface area contributed by atoms with E-state index < -0.39 is 0 Å². The molecule has 3 heteroatoms. The third kappa shape index (κ3) is 3.56. The summed E-state index contributed by atoms with van der Waals surface area (Å²) in [7, 11) is 0. The minimum absolute atomic E-state index is 0.656. The van der Waals surface area contributed by atoms with E-state index in [1.54, 1.807) is 4.88 Å². The van der Waals surface area contributed by atoms with Crippen LogP contribution in [0, 0.1) is 0 Å². The molecule has 0 aliphatic carbocycles. The second-order valence-electron chi connectivity index (χ2n) is 5.25. The first kappa shape index (κ1) is 14.0. The molecule has 2 atom stereocenters. The van der Waals surface area contributed by atoms with Gasteiger partial charge in [0.15, 0.2) is 0 Å². The second kappa shape index (κ2) is 7.27. The van der Waals surface area contributed by atoms with Gasteiger partial charge in [0.25, 0.3) is 0 Å². The van der Waals surface area contributed by atoms with Crippen LogP contribution in [0.4, 0.5) is 0 Å². The Kier molecular flexibility index (Phi) is 5.67. The van der Waals surface area contributed by atoms with Gasteiger partial charge in [-0.3, -0.25) is 4.90 Å². The maximum Gasteiger partial charge on any atom is 0.0442 e. The van der Waals surface area contributed by atoms with Gasteiger partial charge in [0, 0.05) is 30.1 Å². The molecule has 0 bridgehead atoms. The van der Waals surface area contributed by atoms with Crippen LogP contribution in [0.3, 0.4) is 0 Å². The quantitative estimate of drug-likeness (QED) is 0.810. The van der Waals surface area contributed by atoms with Crippen molar-refractivity contribution in [3.8, 4) is 0 Å². The normalized spacial score (nSPS) is 22.4. The predicted molar refractivity (Wildman–Crippen MR) is 80.2 cm³/mol. The first-order valence-electron chi connectivity index (χ1n) is 7.36. The van der Waals surface area contributed by atoms with Crippen LogP contribution in [-0.2, 0) is 0 Å². The summed E-state index contributed by atoms with van der Waals surface area (Å²) in [5, 5.41) is 5.87. The second-order valence-corrected chi connectivity index (χ2v) is 6.23. The Morgan fingerprint density at radius 3 is 3.00 bits per heavy atom. The molecule has 102 valence electrons. The summed E-state index contributed by atoms with van der Waals surface area (Å²) in [6.45, 7) is 8.18. The standard InChI is InChI=1S/C15H26N2S/c1-3-6-14(15-7-5-11-18-15)17-10-8-13(12-17)16-9-4-2/h5,7,11,13-14,16H,3-4,6,8-10,12H2,1-2H3. The van der Waals surface area contributed by atoms with E-state index in [-0.39, 0.29) is 0 Å². The molecule has 2 nitrogen and oxygen atoms in total. The Balaban J connectivity index is 1.92. The molecule has 0 aromatic carbocycles. The van der Waals surface area contributed by atoms with Crippen LogP contribution >= 0.6 is 11.3 Å². The van der Waals surface area contributed by atoms with Crippen molar-refractivity contribution in [2.24, 2.45) is 0 Å². The van der Waals surface area contributed by atoms with Crippen LogP contribution in [-0.4, -0.2) is 30.6 Å². The summed E-state index contributed by atoms with van der Waals surface area (Å²) >= 11 is 1.91. The smallest absolute Gasteiger partial charge is 0.0442 e. The van der Waals surface area contributed by atoms with Crippen molar-refractivity contribution in [3.63, 3.8) is 0 Å². The average molecular weight is 266 g/mol. The van der Waals surface area contributed by atoms with Gasteiger partial charge in [-0.1, -0.05) is 26.3 Å². The van der Waals surface area contributed by atoms with Gasteiger partial charge in [0.1, 0.15) is 0 Å². The number of hydrogen-bond donors (Lipinski definition) is 1. The van der Waals surface area contributed by atoms with Gasteiger partial charge in [-0.2, -0.15) is 0 Å². The van der Waals surface area contributed by atoms with E-state index >= 15 is 0 Å². The lowest BCUT2D eigenvalue weighted by Gasteiger charge is -2.27. The Hall–Kier alpha value is -0.380. The average Bonchev–Trinajstić information content (AvgIpc) is 3.05. The van der Waals surface area contributed by atoms with E-state index in [4.69, 9.17) is 0 Å². The number of thiophene rings is 1. The van der Waals surface area contributed by atoms with Crippen molar-refractivity contribution < 1.29 is 0 Å². The lowest BCUT2D eigenvalue weighted by atomic mass is 10.1. The van der Waals surface area contributed by atoms with Crippen LogP contribution in [0.2, 0.25) is 0 Å². The molecule has 0 saturated carbocycles. The fourth-order valence-corrected chi connectivity index (χ4v) is 3.74. The van der Waals surface area contributed by atoms with Crippen LogP contribution < -0.4 is 5.32 Å². The molecule has 1 aliphatic heterocycles.